The molecule has 28 heavy (non-hydrogen) atoms. The molecule has 4 heterocycles. The number of hydrogen-bond donors (Lipinski definition) is 1. The topological polar surface area (TPSA) is 119 Å². The van der Waals surface area contributed by atoms with Crippen molar-refractivity contribution in [3.8, 4) is 22.9 Å². The van der Waals surface area contributed by atoms with Crippen molar-refractivity contribution in [2.24, 2.45) is 0 Å². The Balaban J connectivity index is 1.62. The number of nitrogens with zero attached hydrogens (tertiary/aromatic N) is 3. The van der Waals surface area contributed by atoms with E-state index in [2.05, 4.69) is 14.9 Å². The van der Waals surface area contributed by atoms with E-state index in [1.54, 1.807) is 37.4 Å². The Morgan fingerprint density at radius 3 is 2.68 bits per heavy atom. The Hall–Kier alpha value is -3.46. The van der Waals surface area contributed by atoms with E-state index < -0.39 is 17.5 Å². The molecule has 4 rings (SSSR count). The first-order chi connectivity index (χ1) is 13.4. The highest BCUT2D eigenvalue weighted by Crippen LogP contribution is 2.35. The number of likely N-dealkylation sites (tertiary alicyclic amines) is 1. The number of aliphatic hydroxyl groups is 1. The smallest absolute Gasteiger partial charge is 0.356 e. The van der Waals surface area contributed by atoms with Crippen molar-refractivity contribution in [1.29, 1.82) is 0 Å². The Kier molecular flexibility index (Phi) is 4.23. The lowest BCUT2D eigenvalue weighted by Crippen LogP contribution is -2.35. The standard InChI is InChI=1S/C19H17N3O6/c1-22-9-8-19(25,18(22)24)16-10-13(21-28-16)15-7-6-14(27-15)11-4-3-5-12(20-11)17(23)26-2/h3-7,10,25H,8-9H2,1-2H3. The van der Waals surface area contributed by atoms with Gasteiger partial charge in [-0.15, -0.1) is 0 Å². The van der Waals surface area contributed by atoms with Crippen molar-refractivity contribution >= 4 is 11.9 Å². The lowest BCUT2D eigenvalue weighted by atomic mass is 9.99. The molecule has 0 spiro atoms. The molecule has 144 valence electrons. The highest BCUT2D eigenvalue weighted by atomic mass is 16.5. The van der Waals surface area contributed by atoms with Crippen LogP contribution in [0, 0.1) is 0 Å². The minimum Gasteiger partial charge on any atom is -0.464 e. The van der Waals surface area contributed by atoms with Crippen molar-refractivity contribution in [3.63, 3.8) is 0 Å². The molecule has 3 aromatic rings. The summed E-state index contributed by atoms with van der Waals surface area (Å²) in [6.45, 7) is 0.429. The molecule has 1 N–H and O–H groups in total. The van der Waals surface area contributed by atoms with Gasteiger partial charge in [0.25, 0.3) is 5.91 Å². The van der Waals surface area contributed by atoms with Gasteiger partial charge < -0.3 is 23.7 Å². The summed E-state index contributed by atoms with van der Waals surface area (Å²) >= 11 is 0. The molecular formula is C19H17N3O6. The number of rotatable bonds is 4. The van der Waals surface area contributed by atoms with E-state index in [1.165, 1.54) is 18.1 Å². The monoisotopic (exact) mass is 383 g/mol. The van der Waals surface area contributed by atoms with E-state index in [0.29, 0.717) is 29.5 Å². The van der Waals surface area contributed by atoms with Gasteiger partial charge in [0, 0.05) is 26.1 Å². The van der Waals surface area contributed by atoms with E-state index in [1.807, 2.05) is 0 Å². The van der Waals surface area contributed by atoms with Gasteiger partial charge in [-0.25, -0.2) is 9.78 Å². The number of methoxy groups -OCH3 is 1. The summed E-state index contributed by atoms with van der Waals surface area (Å²) in [5.74, 6) is -0.118. The molecule has 1 aliphatic heterocycles. The maximum Gasteiger partial charge on any atom is 0.356 e. The third-order valence-corrected chi connectivity index (χ3v) is 4.68. The summed E-state index contributed by atoms with van der Waals surface area (Å²) in [5, 5.41) is 14.5. The van der Waals surface area contributed by atoms with Crippen LogP contribution in [0.5, 0.6) is 0 Å². The van der Waals surface area contributed by atoms with Crippen LogP contribution < -0.4 is 0 Å². The molecule has 0 radical (unpaired) electrons. The van der Waals surface area contributed by atoms with Gasteiger partial charge in [-0.05, 0) is 24.3 Å². The number of pyridine rings is 1. The number of aromatic nitrogens is 2. The summed E-state index contributed by atoms with van der Waals surface area (Å²) in [6, 6.07) is 9.73. The SMILES string of the molecule is COC(=O)c1cccc(-c2ccc(-c3cc(C4(O)CCN(C)C4=O)on3)o2)n1. The van der Waals surface area contributed by atoms with Gasteiger partial charge >= 0.3 is 5.97 Å². The molecule has 9 heteroatoms. The first-order valence-corrected chi connectivity index (χ1v) is 8.53. The Bertz CT molecular complexity index is 1060. The van der Waals surface area contributed by atoms with Crippen molar-refractivity contribution in [2.75, 3.05) is 20.7 Å². The summed E-state index contributed by atoms with van der Waals surface area (Å²) in [6.07, 6.45) is 0.227. The molecule has 3 aromatic heterocycles. The van der Waals surface area contributed by atoms with Crippen LogP contribution in [0.25, 0.3) is 22.9 Å². The Labute approximate surface area is 159 Å². The average Bonchev–Trinajstić information content (AvgIpc) is 3.44. The zero-order chi connectivity index (χ0) is 19.9. The van der Waals surface area contributed by atoms with E-state index in [9.17, 15) is 14.7 Å². The second-order valence-corrected chi connectivity index (χ2v) is 6.48. The zero-order valence-electron chi connectivity index (χ0n) is 15.2. The van der Waals surface area contributed by atoms with Gasteiger partial charge in [-0.2, -0.15) is 0 Å². The number of ether oxygens (including phenoxy) is 1. The average molecular weight is 383 g/mol. The van der Waals surface area contributed by atoms with Gasteiger partial charge in [-0.3, -0.25) is 4.79 Å². The minimum absolute atomic E-state index is 0.0700. The van der Waals surface area contributed by atoms with Crippen LogP contribution in [-0.4, -0.2) is 52.7 Å². The molecule has 1 saturated heterocycles. The number of furan rings is 1. The highest BCUT2D eigenvalue weighted by Gasteiger charge is 2.48. The van der Waals surface area contributed by atoms with Crippen LogP contribution in [0.2, 0.25) is 0 Å². The summed E-state index contributed by atoms with van der Waals surface area (Å²) in [7, 11) is 2.90. The first kappa shape index (κ1) is 17.9. The fraction of sp³-hybridized carbons (Fsp3) is 0.263. The number of carbonyl (C=O) groups excluding carboxylic acids is 2. The molecule has 0 aromatic carbocycles. The maximum absolute atomic E-state index is 12.2. The van der Waals surface area contributed by atoms with Crippen LogP contribution in [0.1, 0.15) is 22.7 Å². The van der Waals surface area contributed by atoms with E-state index in [0.717, 1.165) is 0 Å². The fourth-order valence-electron chi connectivity index (χ4n) is 3.07. The Morgan fingerprint density at radius 2 is 2.00 bits per heavy atom. The van der Waals surface area contributed by atoms with Crippen molar-refractivity contribution < 1.29 is 28.4 Å². The van der Waals surface area contributed by atoms with Crippen LogP contribution in [-0.2, 0) is 15.1 Å². The second-order valence-electron chi connectivity index (χ2n) is 6.48. The van der Waals surface area contributed by atoms with E-state index in [4.69, 9.17) is 8.94 Å². The fourth-order valence-corrected chi connectivity index (χ4v) is 3.07. The van der Waals surface area contributed by atoms with E-state index >= 15 is 0 Å². The molecular weight excluding hydrogens is 366 g/mol. The van der Waals surface area contributed by atoms with Gasteiger partial charge in [0.15, 0.2) is 17.3 Å². The minimum atomic E-state index is -1.72. The normalized spacial score (nSPS) is 19.2. The van der Waals surface area contributed by atoms with Crippen molar-refractivity contribution in [3.05, 3.63) is 47.9 Å². The van der Waals surface area contributed by atoms with Gasteiger partial charge in [-0.1, -0.05) is 11.2 Å². The molecule has 0 aliphatic carbocycles. The second kappa shape index (κ2) is 6.61. The predicted octanol–water partition coefficient (Wildman–Crippen LogP) is 1.83. The number of carbonyl (C=O) groups is 2. The molecule has 1 unspecified atom stereocenters. The van der Waals surface area contributed by atoms with E-state index in [-0.39, 0.29) is 17.9 Å². The zero-order valence-corrected chi connectivity index (χ0v) is 15.2. The third kappa shape index (κ3) is 2.85. The van der Waals surface area contributed by atoms with Gasteiger partial charge in [0.1, 0.15) is 17.1 Å². The molecule has 0 bridgehead atoms. The van der Waals surface area contributed by atoms with Crippen molar-refractivity contribution in [1.82, 2.24) is 15.0 Å². The lowest BCUT2D eigenvalue weighted by Gasteiger charge is -2.16. The molecule has 1 amide bonds. The number of likely N-dealkylation sites (N-methyl/N-ethyl adjacent to an activating group) is 1. The molecule has 1 fully saturated rings. The van der Waals surface area contributed by atoms with Gasteiger partial charge in [0.05, 0.1) is 7.11 Å². The third-order valence-electron chi connectivity index (χ3n) is 4.68. The molecule has 0 saturated carbocycles. The van der Waals surface area contributed by atoms with Crippen LogP contribution in [0.15, 0.2) is 45.3 Å². The van der Waals surface area contributed by atoms with Crippen LogP contribution >= 0.6 is 0 Å². The number of hydrogen-bond acceptors (Lipinski definition) is 8. The van der Waals surface area contributed by atoms with Crippen molar-refractivity contribution in [2.45, 2.75) is 12.0 Å². The lowest BCUT2D eigenvalue weighted by molar-refractivity contribution is -0.144. The highest BCUT2D eigenvalue weighted by molar-refractivity contribution is 5.88. The first-order valence-electron chi connectivity index (χ1n) is 8.53. The molecule has 9 nitrogen and oxygen atoms in total. The summed E-state index contributed by atoms with van der Waals surface area (Å²) in [5.41, 5.74) is -0.774. The molecule has 1 aliphatic rings. The predicted molar refractivity (Wildman–Crippen MR) is 94.9 cm³/mol. The number of esters is 1. The van der Waals surface area contributed by atoms with Gasteiger partial charge in [0.2, 0.25) is 5.60 Å². The summed E-state index contributed by atoms with van der Waals surface area (Å²) < 4.78 is 15.7. The molecule has 1 atom stereocenters. The number of amides is 1. The largest absolute Gasteiger partial charge is 0.464 e. The van der Waals surface area contributed by atoms with Crippen LogP contribution in [0.4, 0.5) is 0 Å². The maximum atomic E-state index is 12.2. The Morgan fingerprint density at radius 1 is 1.25 bits per heavy atom. The summed E-state index contributed by atoms with van der Waals surface area (Å²) in [4.78, 5) is 29.5. The quantitative estimate of drug-likeness (QED) is 0.678. The van der Waals surface area contributed by atoms with Crippen LogP contribution in [0.3, 0.4) is 0 Å².